The van der Waals surface area contributed by atoms with Gasteiger partial charge in [0.25, 0.3) is 0 Å². The van der Waals surface area contributed by atoms with Crippen LogP contribution in [0.4, 0.5) is 0 Å². The van der Waals surface area contributed by atoms with E-state index in [2.05, 4.69) is 12.0 Å². The molecule has 0 saturated carbocycles. The summed E-state index contributed by atoms with van der Waals surface area (Å²) in [6.07, 6.45) is 4.81. The van der Waals surface area contributed by atoms with Crippen LogP contribution >= 0.6 is 23.4 Å². The molecule has 19 heavy (non-hydrogen) atoms. The molecule has 0 saturated heterocycles. The highest BCUT2D eigenvalue weighted by atomic mass is 35.5. The molecule has 2 aromatic rings. The number of hydrogen-bond acceptors (Lipinski definition) is 3. The summed E-state index contributed by atoms with van der Waals surface area (Å²) in [5.41, 5.74) is 7.46. The summed E-state index contributed by atoms with van der Waals surface area (Å²) < 4.78 is 1.80. The monoisotopic (exact) mass is 295 g/mol. The van der Waals surface area contributed by atoms with Crippen LogP contribution in [0.3, 0.4) is 0 Å². The Bertz CT molecular complexity index is 524. The zero-order valence-electron chi connectivity index (χ0n) is 11.1. The Balaban J connectivity index is 2.23. The van der Waals surface area contributed by atoms with Gasteiger partial charge >= 0.3 is 0 Å². The number of thioether (sulfide) groups is 1. The lowest BCUT2D eigenvalue weighted by atomic mass is 10.0. The Morgan fingerprint density at radius 1 is 1.37 bits per heavy atom. The lowest BCUT2D eigenvalue weighted by Gasteiger charge is -2.22. The molecule has 102 valence electrons. The molecule has 0 amide bonds. The van der Waals surface area contributed by atoms with E-state index >= 15 is 0 Å². The highest BCUT2D eigenvalue weighted by Gasteiger charge is 2.20. The van der Waals surface area contributed by atoms with Crippen LogP contribution in [0.1, 0.15) is 24.2 Å². The maximum atomic E-state index is 6.26. The highest BCUT2D eigenvalue weighted by molar-refractivity contribution is 7.99. The van der Waals surface area contributed by atoms with E-state index in [1.165, 1.54) is 5.56 Å². The Hall–Kier alpha value is -0.970. The van der Waals surface area contributed by atoms with Crippen molar-refractivity contribution in [3.63, 3.8) is 0 Å². The van der Waals surface area contributed by atoms with Gasteiger partial charge in [0.1, 0.15) is 0 Å². The largest absolute Gasteiger partial charge is 0.326 e. The summed E-state index contributed by atoms with van der Waals surface area (Å²) in [6, 6.07) is 8.02. The topological polar surface area (TPSA) is 43.8 Å². The van der Waals surface area contributed by atoms with E-state index in [1.807, 2.05) is 43.7 Å². The van der Waals surface area contributed by atoms with Crippen LogP contribution in [0, 0.1) is 0 Å². The van der Waals surface area contributed by atoms with Gasteiger partial charge in [-0.2, -0.15) is 5.10 Å². The molecule has 1 heterocycles. The summed E-state index contributed by atoms with van der Waals surface area (Å²) in [5, 5.41) is 5.16. The molecule has 3 nitrogen and oxygen atoms in total. The summed E-state index contributed by atoms with van der Waals surface area (Å²) in [5.74, 6) is 0. The first-order valence-corrected chi connectivity index (χ1v) is 7.52. The molecule has 2 atom stereocenters. The fourth-order valence-corrected chi connectivity index (χ4v) is 3.28. The van der Waals surface area contributed by atoms with Gasteiger partial charge in [0.2, 0.25) is 0 Å². The Morgan fingerprint density at radius 2 is 2.05 bits per heavy atom. The standard InChI is InChI=1S/C14H18ClN3S/c1-3-13(16)14(10-4-6-11(15)7-5-10)19-12-8-17-18(2)9-12/h4-9,13-14H,3,16H2,1-2H3. The number of nitrogens with zero attached hydrogens (tertiary/aromatic N) is 2. The molecular weight excluding hydrogens is 278 g/mol. The number of benzene rings is 1. The van der Waals surface area contributed by atoms with Crippen molar-refractivity contribution in [3.05, 3.63) is 47.2 Å². The maximum absolute atomic E-state index is 6.26. The number of aromatic nitrogens is 2. The minimum Gasteiger partial charge on any atom is -0.326 e. The average molecular weight is 296 g/mol. The maximum Gasteiger partial charge on any atom is 0.0626 e. The fourth-order valence-electron chi connectivity index (χ4n) is 1.88. The molecule has 5 heteroatoms. The van der Waals surface area contributed by atoms with Crippen molar-refractivity contribution in [3.8, 4) is 0 Å². The van der Waals surface area contributed by atoms with E-state index < -0.39 is 0 Å². The van der Waals surface area contributed by atoms with Crippen molar-refractivity contribution in [2.45, 2.75) is 29.5 Å². The average Bonchev–Trinajstić information content (AvgIpc) is 2.82. The van der Waals surface area contributed by atoms with Crippen LogP contribution in [-0.2, 0) is 7.05 Å². The molecule has 2 unspecified atom stereocenters. The lowest BCUT2D eigenvalue weighted by molar-refractivity contribution is 0.634. The van der Waals surface area contributed by atoms with Gasteiger partial charge in [0.05, 0.1) is 6.20 Å². The Labute approximate surface area is 123 Å². The van der Waals surface area contributed by atoms with Gasteiger partial charge in [-0.1, -0.05) is 30.7 Å². The van der Waals surface area contributed by atoms with Crippen molar-refractivity contribution >= 4 is 23.4 Å². The predicted molar refractivity (Wildman–Crippen MR) is 81.5 cm³/mol. The van der Waals surface area contributed by atoms with E-state index in [9.17, 15) is 0 Å². The van der Waals surface area contributed by atoms with Crippen molar-refractivity contribution in [1.29, 1.82) is 0 Å². The zero-order valence-corrected chi connectivity index (χ0v) is 12.7. The van der Waals surface area contributed by atoms with E-state index in [4.69, 9.17) is 17.3 Å². The first-order chi connectivity index (χ1) is 9.10. The quantitative estimate of drug-likeness (QED) is 0.857. The van der Waals surface area contributed by atoms with Gasteiger partial charge in [-0.25, -0.2) is 0 Å². The lowest BCUT2D eigenvalue weighted by Crippen LogP contribution is -2.25. The van der Waals surface area contributed by atoms with Crippen LogP contribution in [0.25, 0.3) is 0 Å². The molecule has 0 radical (unpaired) electrons. The van der Waals surface area contributed by atoms with Gasteiger partial charge in [-0.3, -0.25) is 4.68 Å². The third-order valence-electron chi connectivity index (χ3n) is 3.00. The molecule has 0 bridgehead atoms. The molecule has 0 spiro atoms. The van der Waals surface area contributed by atoms with Crippen LogP contribution in [0.2, 0.25) is 5.02 Å². The SMILES string of the molecule is CCC(N)C(Sc1cnn(C)c1)c1ccc(Cl)cc1. The number of nitrogens with two attached hydrogens (primary N) is 1. The molecule has 2 rings (SSSR count). The normalized spacial score (nSPS) is 14.3. The molecule has 2 N–H and O–H groups in total. The third kappa shape index (κ3) is 3.75. The van der Waals surface area contributed by atoms with E-state index in [0.29, 0.717) is 0 Å². The van der Waals surface area contributed by atoms with Crippen LogP contribution in [-0.4, -0.2) is 15.8 Å². The van der Waals surface area contributed by atoms with Crippen molar-refractivity contribution in [2.24, 2.45) is 12.8 Å². The number of aryl methyl sites for hydroxylation is 1. The molecule has 1 aromatic carbocycles. The second kappa shape index (κ2) is 6.46. The van der Waals surface area contributed by atoms with Gasteiger partial charge in [-0.05, 0) is 24.1 Å². The molecule has 0 aliphatic heterocycles. The number of halogens is 1. The third-order valence-corrected chi connectivity index (χ3v) is 4.61. The number of rotatable bonds is 5. The van der Waals surface area contributed by atoms with Crippen LogP contribution in [0.15, 0.2) is 41.6 Å². The Kier molecular flexibility index (Phi) is 4.91. The first-order valence-electron chi connectivity index (χ1n) is 6.26. The number of hydrogen-bond donors (Lipinski definition) is 1. The van der Waals surface area contributed by atoms with Crippen LogP contribution in [0.5, 0.6) is 0 Å². The van der Waals surface area contributed by atoms with Gasteiger partial charge in [0, 0.05) is 34.5 Å². The highest BCUT2D eigenvalue weighted by Crippen LogP contribution is 2.38. The van der Waals surface area contributed by atoms with Gasteiger partial charge in [-0.15, -0.1) is 11.8 Å². The first kappa shape index (κ1) is 14.4. The van der Waals surface area contributed by atoms with Crippen LogP contribution < -0.4 is 5.73 Å². The minimum atomic E-state index is 0.103. The predicted octanol–water partition coefficient (Wildman–Crippen LogP) is 3.64. The second-order valence-electron chi connectivity index (χ2n) is 4.51. The molecule has 0 aliphatic carbocycles. The molecule has 0 aliphatic rings. The van der Waals surface area contributed by atoms with Crippen molar-refractivity contribution < 1.29 is 0 Å². The summed E-state index contributed by atoms with van der Waals surface area (Å²) in [4.78, 5) is 1.13. The minimum absolute atomic E-state index is 0.103. The second-order valence-corrected chi connectivity index (χ2v) is 6.16. The summed E-state index contributed by atoms with van der Waals surface area (Å²) in [6.45, 7) is 2.11. The smallest absolute Gasteiger partial charge is 0.0626 e. The van der Waals surface area contributed by atoms with Gasteiger partial charge in [0.15, 0.2) is 0 Å². The fraction of sp³-hybridized carbons (Fsp3) is 0.357. The molecule has 0 fully saturated rings. The molecule has 1 aromatic heterocycles. The van der Waals surface area contributed by atoms with Crippen molar-refractivity contribution in [2.75, 3.05) is 0 Å². The van der Waals surface area contributed by atoms with E-state index in [0.717, 1.165) is 16.3 Å². The van der Waals surface area contributed by atoms with Gasteiger partial charge < -0.3 is 5.73 Å². The molecular formula is C14H18ClN3S. The van der Waals surface area contributed by atoms with Crippen molar-refractivity contribution in [1.82, 2.24) is 9.78 Å². The Morgan fingerprint density at radius 3 is 2.58 bits per heavy atom. The summed E-state index contributed by atoms with van der Waals surface area (Å²) >= 11 is 7.69. The van der Waals surface area contributed by atoms with E-state index in [1.54, 1.807) is 16.4 Å². The summed E-state index contributed by atoms with van der Waals surface area (Å²) in [7, 11) is 1.92. The van der Waals surface area contributed by atoms with E-state index in [-0.39, 0.29) is 11.3 Å². The zero-order chi connectivity index (χ0) is 13.8.